The number of hydrogen-bond donors (Lipinski definition) is 1. The van der Waals surface area contributed by atoms with Crippen molar-refractivity contribution in [1.29, 1.82) is 0 Å². The Bertz CT molecular complexity index is 454. The van der Waals surface area contributed by atoms with E-state index in [9.17, 15) is 0 Å². The summed E-state index contributed by atoms with van der Waals surface area (Å²) in [5.41, 5.74) is 8.50. The second kappa shape index (κ2) is 5.37. The molecule has 3 heteroatoms. The van der Waals surface area contributed by atoms with E-state index in [0.717, 1.165) is 18.7 Å². The van der Waals surface area contributed by atoms with Crippen LogP contribution in [-0.4, -0.2) is 17.5 Å². The lowest BCUT2D eigenvalue weighted by molar-refractivity contribution is -0.0703. The summed E-state index contributed by atoms with van der Waals surface area (Å²) in [6, 6.07) is 6.41. The molecule has 2 fully saturated rings. The summed E-state index contributed by atoms with van der Waals surface area (Å²) in [6.07, 6.45) is 7.54. The summed E-state index contributed by atoms with van der Waals surface area (Å²) in [7, 11) is 0. The molecule has 0 radical (unpaired) electrons. The molecule has 2 N–H and O–H groups in total. The maximum atomic E-state index is 6.13. The molecule has 2 nitrogen and oxygen atoms in total. The molecule has 104 valence electrons. The summed E-state index contributed by atoms with van der Waals surface area (Å²) < 4.78 is 6.10. The van der Waals surface area contributed by atoms with Crippen molar-refractivity contribution in [1.82, 2.24) is 0 Å². The van der Waals surface area contributed by atoms with Crippen molar-refractivity contribution in [2.75, 3.05) is 12.3 Å². The van der Waals surface area contributed by atoms with Gasteiger partial charge in [0.2, 0.25) is 0 Å². The van der Waals surface area contributed by atoms with Gasteiger partial charge in [0.05, 0.1) is 5.60 Å². The van der Waals surface area contributed by atoms with Gasteiger partial charge in [-0.1, -0.05) is 18.9 Å². The molecule has 1 unspecified atom stereocenters. The van der Waals surface area contributed by atoms with Crippen LogP contribution in [0.4, 0.5) is 5.69 Å². The molecule has 19 heavy (non-hydrogen) atoms. The van der Waals surface area contributed by atoms with Gasteiger partial charge < -0.3 is 10.5 Å². The number of thioether (sulfide) groups is 1. The fourth-order valence-corrected chi connectivity index (χ4v) is 4.71. The lowest BCUT2D eigenvalue weighted by atomic mass is 9.92. The monoisotopic (exact) mass is 277 g/mol. The molecule has 1 aromatic carbocycles. The molecule has 1 aromatic rings. The molecule has 0 aromatic heterocycles. The number of benzene rings is 1. The average molecular weight is 277 g/mol. The number of rotatable bonds is 2. The van der Waals surface area contributed by atoms with Crippen molar-refractivity contribution >= 4 is 17.4 Å². The standard InChI is InChI=1S/C16H23NOS/c1-12-4-5-15(14(17)10-12)19-13-6-9-18-16(11-13)7-2-3-8-16/h4-5,10,13H,2-3,6-9,11,17H2,1H3. The van der Waals surface area contributed by atoms with E-state index in [-0.39, 0.29) is 5.60 Å². The van der Waals surface area contributed by atoms with E-state index < -0.39 is 0 Å². The largest absolute Gasteiger partial charge is 0.398 e. The van der Waals surface area contributed by atoms with E-state index in [1.807, 2.05) is 11.8 Å². The zero-order valence-corrected chi connectivity index (χ0v) is 12.5. The first-order valence-corrected chi connectivity index (χ1v) is 8.22. The van der Waals surface area contributed by atoms with Crippen LogP contribution in [0.2, 0.25) is 0 Å². The quantitative estimate of drug-likeness (QED) is 0.824. The third-order valence-corrected chi connectivity index (χ3v) is 5.78. The average Bonchev–Trinajstić information content (AvgIpc) is 2.81. The Kier molecular flexibility index (Phi) is 3.77. The first-order valence-electron chi connectivity index (χ1n) is 7.34. The van der Waals surface area contributed by atoms with Gasteiger partial charge in [0.15, 0.2) is 0 Å². The predicted molar refractivity (Wildman–Crippen MR) is 81.6 cm³/mol. The minimum absolute atomic E-state index is 0.204. The van der Waals surface area contributed by atoms with Crippen LogP contribution in [0.5, 0.6) is 0 Å². The van der Waals surface area contributed by atoms with Gasteiger partial charge in [0.25, 0.3) is 0 Å². The van der Waals surface area contributed by atoms with Gasteiger partial charge in [-0.05, 0) is 50.3 Å². The Labute approximate surface area is 120 Å². The Morgan fingerprint density at radius 2 is 2.11 bits per heavy atom. The first-order chi connectivity index (χ1) is 9.17. The molecule has 1 saturated carbocycles. The van der Waals surface area contributed by atoms with Crippen LogP contribution < -0.4 is 5.73 Å². The minimum atomic E-state index is 0.204. The van der Waals surface area contributed by atoms with E-state index in [1.54, 1.807) is 0 Å². The van der Waals surface area contributed by atoms with Crippen LogP contribution in [0.1, 0.15) is 44.1 Å². The molecule has 0 bridgehead atoms. The lowest BCUT2D eigenvalue weighted by Crippen LogP contribution is -2.38. The molecule has 1 saturated heterocycles. The van der Waals surface area contributed by atoms with Gasteiger partial charge in [-0.25, -0.2) is 0 Å². The summed E-state index contributed by atoms with van der Waals surface area (Å²) in [5.74, 6) is 0. The Balaban J connectivity index is 1.69. The van der Waals surface area contributed by atoms with Crippen molar-refractivity contribution < 1.29 is 4.74 Å². The van der Waals surface area contributed by atoms with Crippen LogP contribution in [0.3, 0.4) is 0 Å². The third kappa shape index (κ3) is 2.92. The molecule has 1 aliphatic carbocycles. The molecule has 1 spiro atoms. The molecular formula is C16H23NOS. The van der Waals surface area contributed by atoms with Gasteiger partial charge in [-0.3, -0.25) is 0 Å². The zero-order valence-electron chi connectivity index (χ0n) is 11.7. The highest BCUT2D eigenvalue weighted by atomic mass is 32.2. The number of nitrogen functional groups attached to an aromatic ring is 1. The second-order valence-electron chi connectivity index (χ2n) is 6.01. The van der Waals surface area contributed by atoms with E-state index in [2.05, 4.69) is 25.1 Å². The molecule has 3 rings (SSSR count). The van der Waals surface area contributed by atoms with Gasteiger partial charge in [0.1, 0.15) is 0 Å². The van der Waals surface area contributed by atoms with Crippen LogP contribution in [-0.2, 0) is 4.74 Å². The number of hydrogen-bond acceptors (Lipinski definition) is 3. The third-order valence-electron chi connectivity index (χ3n) is 4.42. The fourth-order valence-electron chi connectivity index (χ4n) is 3.41. The minimum Gasteiger partial charge on any atom is -0.398 e. The summed E-state index contributed by atoms with van der Waals surface area (Å²) >= 11 is 1.96. The predicted octanol–water partition coefficient (Wildman–Crippen LogP) is 4.16. The number of anilines is 1. The van der Waals surface area contributed by atoms with E-state index in [0.29, 0.717) is 5.25 Å². The van der Waals surface area contributed by atoms with Crippen molar-refractivity contribution in [2.24, 2.45) is 0 Å². The molecule has 2 aliphatic rings. The maximum absolute atomic E-state index is 6.13. The molecule has 1 atom stereocenters. The van der Waals surface area contributed by atoms with Crippen LogP contribution in [0.15, 0.2) is 23.1 Å². The lowest BCUT2D eigenvalue weighted by Gasteiger charge is -2.38. The van der Waals surface area contributed by atoms with E-state index >= 15 is 0 Å². The molecule has 1 heterocycles. The number of ether oxygens (including phenoxy) is 1. The van der Waals surface area contributed by atoms with Gasteiger partial charge in [0, 0.05) is 22.4 Å². The summed E-state index contributed by atoms with van der Waals surface area (Å²) in [6.45, 7) is 3.01. The molecular weight excluding hydrogens is 254 g/mol. The van der Waals surface area contributed by atoms with E-state index in [4.69, 9.17) is 10.5 Å². The van der Waals surface area contributed by atoms with Gasteiger partial charge >= 0.3 is 0 Å². The van der Waals surface area contributed by atoms with Crippen LogP contribution in [0, 0.1) is 6.92 Å². The van der Waals surface area contributed by atoms with Gasteiger partial charge in [-0.15, -0.1) is 11.8 Å². The normalized spacial score (nSPS) is 25.8. The summed E-state index contributed by atoms with van der Waals surface area (Å²) in [4.78, 5) is 1.24. The molecule has 1 aliphatic heterocycles. The number of nitrogens with two attached hydrogens (primary N) is 1. The highest BCUT2D eigenvalue weighted by Gasteiger charge is 2.40. The van der Waals surface area contributed by atoms with Crippen molar-refractivity contribution in [3.63, 3.8) is 0 Å². The van der Waals surface area contributed by atoms with Gasteiger partial charge in [-0.2, -0.15) is 0 Å². The van der Waals surface area contributed by atoms with Crippen LogP contribution >= 0.6 is 11.8 Å². The SMILES string of the molecule is Cc1ccc(SC2CCOC3(CCCC3)C2)c(N)c1. The smallest absolute Gasteiger partial charge is 0.0693 e. The van der Waals surface area contributed by atoms with Crippen LogP contribution in [0.25, 0.3) is 0 Å². The Morgan fingerprint density at radius 3 is 2.84 bits per heavy atom. The fraction of sp³-hybridized carbons (Fsp3) is 0.625. The number of aryl methyl sites for hydroxylation is 1. The first kappa shape index (κ1) is 13.3. The Morgan fingerprint density at radius 1 is 1.32 bits per heavy atom. The van der Waals surface area contributed by atoms with Crippen molar-refractivity contribution in [3.8, 4) is 0 Å². The zero-order chi connectivity index (χ0) is 13.3. The maximum Gasteiger partial charge on any atom is 0.0693 e. The van der Waals surface area contributed by atoms with Crippen molar-refractivity contribution in [3.05, 3.63) is 23.8 Å². The highest BCUT2D eigenvalue weighted by Crippen LogP contribution is 2.45. The Hall–Kier alpha value is -0.670. The highest BCUT2D eigenvalue weighted by molar-refractivity contribution is 8.00. The second-order valence-corrected chi connectivity index (χ2v) is 7.35. The van der Waals surface area contributed by atoms with E-state index in [1.165, 1.54) is 42.6 Å². The van der Waals surface area contributed by atoms with Crippen molar-refractivity contribution in [2.45, 2.75) is 61.2 Å². The topological polar surface area (TPSA) is 35.2 Å². The summed E-state index contributed by atoms with van der Waals surface area (Å²) in [5, 5.41) is 0.664. The molecule has 0 amide bonds.